The van der Waals surface area contributed by atoms with E-state index in [4.69, 9.17) is 9.72 Å². The number of halogens is 1. The van der Waals surface area contributed by atoms with E-state index >= 15 is 0 Å². The molecule has 0 unspecified atom stereocenters. The summed E-state index contributed by atoms with van der Waals surface area (Å²) in [6, 6.07) is 8.64. The summed E-state index contributed by atoms with van der Waals surface area (Å²) in [7, 11) is 0.292. The van der Waals surface area contributed by atoms with Gasteiger partial charge in [-0.15, -0.1) is 0 Å². The van der Waals surface area contributed by atoms with Gasteiger partial charge >= 0.3 is 0 Å². The van der Waals surface area contributed by atoms with Gasteiger partial charge in [-0.1, -0.05) is 0 Å². The fraction of sp³-hybridized carbons (Fsp3) is 0.500. The number of hydrogen-bond donors (Lipinski definition) is 2. The Kier molecular flexibility index (Phi) is 10.5. The van der Waals surface area contributed by atoms with E-state index in [1.54, 1.807) is 44.8 Å². The first kappa shape index (κ1) is 35.6. The molecule has 4 aromatic rings. The lowest BCUT2D eigenvalue weighted by atomic mass is 9.98. The van der Waals surface area contributed by atoms with Crippen LogP contribution in [0.1, 0.15) is 38.2 Å². The molecule has 1 saturated carbocycles. The van der Waals surface area contributed by atoms with Crippen molar-refractivity contribution in [2.75, 3.05) is 86.1 Å². The quantitative estimate of drug-likeness (QED) is 0.185. The second-order valence-electron chi connectivity index (χ2n) is 13.8. The van der Waals surface area contributed by atoms with Crippen LogP contribution in [0.2, 0.25) is 0 Å². The predicted octanol–water partition coefficient (Wildman–Crippen LogP) is 5.63. The van der Waals surface area contributed by atoms with Crippen molar-refractivity contribution in [3.8, 4) is 5.75 Å². The fourth-order valence-electron chi connectivity index (χ4n) is 7.33. The third-order valence-electron chi connectivity index (χ3n) is 10.3. The van der Waals surface area contributed by atoms with E-state index in [1.165, 1.54) is 47.5 Å². The normalized spacial score (nSPS) is 17.9. The number of nitrogens with zero attached hydrogens (tertiary/aromatic N) is 8. The highest BCUT2D eigenvalue weighted by atomic mass is 79.9. The summed E-state index contributed by atoms with van der Waals surface area (Å²) in [6.45, 7) is 8.69. The SMILES string of the molecule is CCN(c1c(Nc2nc(Nc3cc(CC4CC4)c(N4CCC(N5CCN(C)CC5)CC4)cc3OC)ncc2Br)ccc2nccnc12)S(C)(=O)=O. The Morgan fingerprint density at radius 1 is 0.961 bits per heavy atom. The van der Waals surface area contributed by atoms with Gasteiger partial charge in [-0.05, 0) is 91.7 Å². The molecule has 1 aliphatic carbocycles. The second kappa shape index (κ2) is 15.1. The molecule has 4 heterocycles. The van der Waals surface area contributed by atoms with Gasteiger partial charge in [-0.2, -0.15) is 4.98 Å². The van der Waals surface area contributed by atoms with Crippen molar-refractivity contribution in [1.82, 2.24) is 29.7 Å². The zero-order chi connectivity index (χ0) is 35.7. The van der Waals surface area contributed by atoms with Crippen molar-refractivity contribution in [1.29, 1.82) is 0 Å². The number of fused-ring (bicyclic) bond motifs is 1. The van der Waals surface area contributed by atoms with Crippen molar-refractivity contribution >= 4 is 71.5 Å². The topological polar surface area (TPSA) is 132 Å². The van der Waals surface area contributed by atoms with Crippen LogP contribution in [0.5, 0.6) is 5.75 Å². The van der Waals surface area contributed by atoms with Crippen LogP contribution in [-0.2, 0) is 16.4 Å². The van der Waals surface area contributed by atoms with Gasteiger partial charge in [0.25, 0.3) is 0 Å². The van der Waals surface area contributed by atoms with Gasteiger partial charge in [-0.3, -0.25) is 19.2 Å². The number of sulfonamides is 1. The molecule has 2 aliphatic heterocycles. The van der Waals surface area contributed by atoms with Crippen molar-refractivity contribution < 1.29 is 13.2 Å². The number of methoxy groups -OCH3 is 1. The number of anilines is 6. The van der Waals surface area contributed by atoms with Gasteiger partial charge in [0, 0.05) is 82.2 Å². The van der Waals surface area contributed by atoms with E-state index in [1.807, 2.05) is 0 Å². The predicted molar refractivity (Wildman–Crippen MR) is 207 cm³/mol. The summed E-state index contributed by atoms with van der Waals surface area (Å²) in [5.41, 5.74) is 5.35. The molecular weight excluding hydrogens is 732 g/mol. The maximum Gasteiger partial charge on any atom is 0.232 e. The molecule has 51 heavy (non-hydrogen) atoms. The monoisotopic (exact) mass is 778 g/mol. The Morgan fingerprint density at radius 3 is 2.39 bits per heavy atom. The maximum atomic E-state index is 12.9. The first-order chi connectivity index (χ1) is 24.6. The molecule has 0 bridgehead atoms. The van der Waals surface area contributed by atoms with Crippen LogP contribution < -0.4 is 24.6 Å². The Morgan fingerprint density at radius 2 is 1.71 bits per heavy atom. The van der Waals surface area contributed by atoms with Crippen LogP contribution in [0, 0.1) is 5.92 Å². The van der Waals surface area contributed by atoms with E-state index in [2.05, 4.69) is 75.4 Å². The van der Waals surface area contributed by atoms with Gasteiger partial charge in [-0.25, -0.2) is 13.4 Å². The molecule has 2 aromatic heterocycles. The highest BCUT2D eigenvalue weighted by molar-refractivity contribution is 9.10. The van der Waals surface area contributed by atoms with Crippen LogP contribution in [-0.4, -0.2) is 110 Å². The molecule has 0 atom stereocenters. The maximum absolute atomic E-state index is 12.9. The number of nitrogens with one attached hydrogen (secondary N) is 2. The summed E-state index contributed by atoms with van der Waals surface area (Å²) < 4.78 is 33.7. The molecule has 3 aliphatic rings. The number of likely N-dealkylation sites (N-methyl/N-ethyl adjacent to an activating group) is 1. The standard InChI is InChI=1S/C36H47BrN10O3S/c1-5-47(51(4,48)49)34-29(9-8-28-33(34)39-13-12-38-28)41-35-27(37)23-40-36(43-35)42-30-21-25(20-24-6-7-24)31(22-32(30)50-3)46-14-10-26(11-15-46)45-18-16-44(2)17-19-45/h8-9,12-13,21-24,26H,5-7,10-11,14-20H2,1-4H3,(H2,40,41,42,43). The van der Waals surface area contributed by atoms with E-state index < -0.39 is 10.0 Å². The third-order valence-corrected chi connectivity index (χ3v) is 12.1. The Labute approximate surface area is 309 Å². The van der Waals surface area contributed by atoms with Crippen molar-refractivity contribution in [2.45, 2.75) is 45.1 Å². The number of piperidine rings is 1. The van der Waals surface area contributed by atoms with Crippen LogP contribution in [0.4, 0.5) is 34.5 Å². The number of piperazine rings is 1. The summed E-state index contributed by atoms with van der Waals surface area (Å²) in [4.78, 5) is 26.0. The minimum Gasteiger partial charge on any atom is -0.494 e. The molecule has 15 heteroatoms. The van der Waals surface area contributed by atoms with Gasteiger partial charge in [0.15, 0.2) is 0 Å². The lowest BCUT2D eigenvalue weighted by molar-refractivity contribution is 0.0982. The van der Waals surface area contributed by atoms with Gasteiger partial charge < -0.3 is 25.2 Å². The van der Waals surface area contributed by atoms with Gasteiger partial charge in [0.2, 0.25) is 16.0 Å². The van der Waals surface area contributed by atoms with Gasteiger partial charge in [0.05, 0.1) is 34.7 Å². The first-order valence-corrected chi connectivity index (χ1v) is 20.4. The average Bonchev–Trinajstić information content (AvgIpc) is 3.95. The van der Waals surface area contributed by atoms with Crippen LogP contribution in [0.25, 0.3) is 11.0 Å². The van der Waals surface area contributed by atoms with E-state index in [0.29, 0.717) is 50.6 Å². The minimum absolute atomic E-state index is 0.216. The molecule has 7 rings (SSSR count). The number of ether oxygens (including phenoxy) is 1. The average molecular weight is 780 g/mol. The smallest absolute Gasteiger partial charge is 0.232 e. The summed E-state index contributed by atoms with van der Waals surface area (Å²) >= 11 is 3.59. The highest BCUT2D eigenvalue weighted by Gasteiger charge is 2.30. The molecule has 0 radical (unpaired) electrons. The summed E-state index contributed by atoms with van der Waals surface area (Å²) in [5, 5.41) is 6.78. The van der Waals surface area contributed by atoms with Crippen molar-refractivity contribution in [2.24, 2.45) is 5.92 Å². The highest BCUT2D eigenvalue weighted by Crippen LogP contribution is 2.42. The van der Waals surface area contributed by atoms with Crippen LogP contribution in [0.15, 0.2) is 47.3 Å². The molecule has 2 aromatic carbocycles. The summed E-state index contributed by atoms with van der Waals surface area (Å²) in [6.07, 6.45) is 11.9. The zero-order valence-electron chi connectivity index (χ0n) is 29.8. The Bertz CT molecular complexity index is 1980. The molecule has 272 valence electrons. The largest absolute Gasteiger partial charge is 0.494 e. The first-order valence-electron chi connectivity index (χ1n) is 17.8. The van der Waals surface area contributed by atoms with Crippen molar-refractivity contribution in [3.05, 3.63) is 52.9 Å². The summed E-state index contributed by atoms with van der Waals surface area (Å²) in [5.74, 6) is 2.27. The number of aromatic nitrogens is 4. The van der Waals surface area contributed by atoms with E-state index in [9.17, 15) is 8.42 Å². The van der Waals surface area contributed by atoms with Gasteiger partial charge in [0.1, 0.15) is 22.8 Å². The van der Waals surface area contributed by atoms with Crippen LogP contribution >= 0.6 is 15.9 Å². The molecule has 2 N–H and O–H groups in total. The van der Waals surface area contributed by atoms with Crippen molar-refractivity contribution in [3.63, 3.8) is 0 Å². The minimum atomic E-state index is -3.62. The molecule has 2 saturated heterocycles. The molecule has 13 nitrogen and oxygen atoms in total. The second-order valence-corrected chi connectivity index (χ2v) is 16.6. The number of hydrogen-bond acceptors (Lipinski definition) is 12. The molecular formula is C36H47BrN10O3S. The Hall–Kier alpha value is -3.79. The Balaban J connectivity index is 1.15. The van der Waals surface area contributed by atoms with Crippen LogP contribution in [0.3, 0.4) is 0 Å². The zero-order valence-corrected chi connectivity index (χ0v) is 32.2. The molecule has 3 fully saturated rings. The number of rotatable bonds is 12. The van der Waals surface area contributed by atoms with E-state index in [-0.39, 0.29) is 6.54 Å². The molecule has 0 spiro atoms. The fourth-order valence-corrected chi connectivity index (χ4v) is 8.60. The lowest BCUT2D eigenvalue weighted by Gasteiger charge is -2.43. The number of benzene rings is 2. The van der Waals surface area contributed by atoms with E-state index in [0.717, 1.165) is 57.1 Å². The molecule has 0 amide bonds. The third kappa shape index (κ3) is 8.01. The lowest BCUT2D eigenvalue weighted by Crippen LogP contribution is -2.52.